The smallest absolute Gasteiger partial charge is 0.312 e. The molecule has 1 aromatic rings. The minimum absolute atomic E-state index is 0.198. The predicted molar refractivity (Wildman–Crippen MR) is 147 cm³/mol. The summed E-state index contributed by atoms with van der Waals surface area (Å²) in [4.78, 5) is 49.5. The number of hydrogen-bond acceptors (Lipinski definition) is 8. The van der Waals surface area contributed by atoms with Crippen LogP contribution in [-0.2, 0) is 28.6 Å². The molecule has 0 saturated carbocycles. The molecule has 0 aliphatic rings. The summed E-state index contributed by atoms with van der Waals surface area (Å²) in [5.41, 5.74) is 12.0. The highest BCUT2D eigenvalue weighted by Gasteiger charge is 2.28. The van der Waals surface area contributed by atoms with Gasteiger partial charge < -0.3 is 46.9 Å². The number of benzene rings is 1. The van der Waals surface area contributed by atoms with Gasteiger partial charge >= 0.3 is 6.03 Å². The number of nitrogens with two attached hydrogens (primary N) is 2. The van der Waals surface area contributed by atoms with Crippen molar-refractivity contribution in [1.29, 1.82) is 0 Å². The van der Waals surface area contributed by atoms with E-state index in [4.69, 9.17) is 25.7 Å². The summed E-state index contributed by atoms with van der Waals surface area (Å²) in [7, 11) is 0. The second kappa shape index (κ2) is 19.8. The summed E-state index contributed by atoms with van der Waals surface area (Å²) >= 11 is 0. The van der Waals surface area contributed by atoms with Gasteiger partial charge in [-0.05, 0) is 37.8 Å². The van der Waals surface area contributed by atoms with E-state index in [0.29, 0.717) is 38.5 Å². The van der Waals surface area contributed by atoms with E-state index >= 15 is 0 Å². The van der Waals surface area contributed by atoms with Gasteiger partial charge in [-0.2, -0.15) is 0 Å². The molecular weight excluding hydrogens is 508 g/mol. The molecule has 0 fully saturated rings. The second-order valence-electron chi connectivity index (χ2n) is 9.20. The third-order valence-corrected chi connectivity index (χ3v) is 5.43. The summed E-state index contributed by atoms with van der Waals surface area (Å²) in [6, 6.07) is 4.76. The maximum Gasteiger partial charge on any atom is 0.312 e. The number of nitrogens with one attached hydrogen (secondary N) is 4. The Labute approximate surface area is 230 Å². The molecule has 13 nitrogen and oxygen atoms in total. The van der Waals surface area contributed by atoms with Gasteiger partial charge in [-0.25, -0.2) is 4.79 Å². The number of hydrogen-bond donors (Lipinski definition) is 6. The minimum Gasteiger partial charge on any atom is -0.378 e. The first-order valence-corrected chi connectivity index (χ1v) is 13.1. The van der Waals surface area contributed by atoms with Gasteiger partial charge in [0.2, 0.25) is 17.7 Å². The van der Waals surface area contributed by atoms with Crippen LogP contribution in [0, 0.1) is 12.8 Å². The lowest BCUT2D eigenvalue weighted by Crippen LogP contribution is -2.55. The zero-order valence-electron chi connectivity index (χ0n) is 23.1. The summed E-state index contributed by atoms with van der Waals surface area (Å²) < 4.78 is 15.8. The van der Waals surface area contributed by atoms with Crippen molar-refractivity contribution < 1.29 is 33.4 Å². The zero-order chi connectivity index (χ0) is 29.0. The van der Waals surface area contributed by atoms with E-state index in [0.717, 1.165) is 5.56 Å². The van der Waals surface area contributed by atoms with Gasteiger partial charge in [-0.1, -0.05) is 31.5 Å². The molecule has 0 aliphatic carbocycles. The molecule has 2 atom stereocenters. The quantitative estimate of drug-likeness (QED) is 0.122. The number of anilines is 1. The number of aryl methyl sites for hydroxylation is 1. The fourth-order valence-corrected chi connectivity index (χ4v) is 3.35. The summed E-state index contributed by atoms with van der Waals surface area (Å²) in [6.07, 6.45) is 0.631. The molecule has 0 aromatic heterocycles. The normalized spacial score (nSPS) is 12.4. The van der Waals surface area contributed by atoms with Crippen molar-refractivity contribution in [3.05, 3.63) is 29.8 Å². The number of carbonyl (C=O) groups is 4. The molecule has 1 rings (SSSR count). The molecule has 0 heterocycles. The Balaban J connectivity index is 2.63. The Hall–Kier alpha value is -3.26. The minimum atomic E-state index is -0.908. The van der Waals surface area contributed by atoms with E-state index in [2.05, 4.69) is 21.3 Å². The maximum absolute atomic E-state index is 13.1. The van der Waals surface area contributed by atoms with Crippen LogP contribution >= 0.6 is 0 Å². The van der Waals surface area contributed by atoms with Crippen LogP contribution in [0.5, 0.6) is 0 Å². The van der Waals surface area contributed by atoms with Crippen molar-refractivity contribution in [3.8, 4) is 0 Å². The van der Waals surface area contributed by atoms with E-state index < -0.39 is 35.8 Å². The van der Waals surface area contributed by atoms with Crippen LogP contribution in [0.4, 0.5) is 10.5 Å². The van der Waals surface area contributed by atoms with Crippen molar-refractivity contribution in [2.45, 2.75) is 45.7 Å². The van der Waals surface area contributed by atoms with Gasteiger partial charge in [0, 0.05) is 18.8 Å². The Morgan fingerprint density at radius 3 is 2.08 bits per heavy atom. The number of ether oxygens (including phenoxy) is 3. The van der Waals surface area contributed by atoms with Crippen LogP contribution in [-0.4, -0.2) is 88.6 Å². The van der Waals surface area contributed by atoms with Crippen LogP contribution < -0.4 is 32.7 Å². The van der Waals surface area contributed by atoms with Crippen LogP contribution in [0.25, 0.3) is 0 Å². The van der Waals surface area contributed by atoms with Crippen molar-refractivity contribution in [2.24, 2.45) is 17.4 Å². The number of rotatable bonds is 20. The first kappa shape index (κ1) is 33.8. The summed E-state index contributed by atoms with van der Waals surface area (Å²) in [6.45, 7) is 7.70. The molecule has 39 heavy (non-hydrogen) atoms. The standard InChI is InChI=1S/C26H44N6O7/c1-18(2)23(32-22(33)17-39-16-15-38-14-13-37-12-10-27)25(35)31-21(5-4-11-29-26(28)36)24(34)30-20-8-6-19(3)7-9-20/h6-9,18,21,23H,4-5,10-17,27H2,1-3H3,(H,30,34)(H,31,35)(H,32,33)(H3,28,29,36). The van der Waals surface area contributed by atoms with Crippen molar-refractivity contribution >= 4 is 29.4 Å². The van der Waals surface area contributed by atoms with Crippen molar-refractivity contribution in [1.82, 2.24) is 16.0 Å². The highest BCUT2D eigenvalue weighted by molar-refractivity contribution is 5.98. The first-order valence-electron chi connectivity index (χ1n) is 13.1. The molecule has 0 bridgehead atoms. The summed E-state index contributed by atoms with van der Waals surface area (Å²) in [5.74, 6) is -1.66. The van der Waals surface area contributed by atoms with Gasteiger partial charge in [-0.15, -0.1) is 0 Å². The fraction of sp³-hybridized carbons (Fsp3) is 0.615. The molecule has 220 valence electrons. The lowest BCUT2D eigenvalue weighted by Gasteiger charge is -2.25. The fourth-order valence-electron chi connectivity index (χ4n) is 3.35. The molecule has 2 unspecified atom stereocenters. The maximum atomic E-state index is 13.1. The Morgan fingerprint density at radius 1 is 0.872 bits per heavy atom. The van der Waals surface area contributed by atoms with E-state index in [-0.39, 0.29) is 38.7 Å². The third-order valence-electron chi connectivity index (χ3n) is 5.43. The second-order valence-corrected chi connectivity index (χ2v) is 9.20. The number of amides is 5. The first-order chi connectivity index (χ1) is 18.6. The monoisotopic (exact) mass is 552 g/mol. The van der Waals surface area contributed by atoms with Gasteiger partial charge in [0.1, 0.15) is 18.7 Å². The average Bonchev–Trinajstić information content (AvgIpc) is 2.88. The Morgan fingerprint density at radius 2 is 1.49 bits per heavy atom. The molecule has 1 aromatic carbocycles. The largest absolute Gasteiger partial charge is 0.378 e. The van der Waals surface area contributed by atoms with Crippen LogP contribution in [0.1, 0.15) is 32.3 Å². The topological polar surface area (TPSA) is 196 Å². The zero-order valence-corrected chi connectivity index (χ0v) is 23.1. The van der Waals surface area contributed by atoms with E-state index in [9.17, 15) is 19.2 Å². The number of carbonyl (C=O) groups excluding carboxylic acids is 4. The highest BCUT2D eigenvalue weighted by Crippen LogP contribution is 2.11. The van der Waals surface area contributed by atoms with Gasteiger partial charge in [0.05, 0.1) is 33.0 Å². The van der Waals surface area contributed by atoms with Crippen LogP contribution in [0.3, 0.4) is 0 Å². The Bertz CT molecular complexity index is 882. The summed E-state index contributed by atoms with van der Waals surface area (Å²) in [5, 5.41) is 10.7. The van der Waals surface area contributed by atoms with E-state index in [1.165, 1.54) is 0 Å². The van der Waals surface area contributed by atoms with E-state index in [1.54, 1.807) is 26.0 Å². The van der Waals surface area contributed by atoms with E-state index in [1.807, 2.05) is 19.1 Å². The number of primary amides is 1. The van der Waals surface area contributed by atoms with Crippen molar-refractivity contribution in [3.63, 3.8) is 0 Å². The molecule has 0 aliphatic heterocycles. The van der Waals surface area contributed by atoms with Crippen LogP contribution in [0.2, 0.25) is 0 Å². The SMILES string of the molecule is Cc1ccc(NC(=O)C(CCCNC(N)=O)NC(=O)C(NC(=O)COCCOCCOCCN)C(C)C)cc1. The molecular formula is C26H44N6O7. The van der Waals surface area contributed by atoms with Crippen molar-refractivity contribution in [2.75, 3.05) is 58.0 Å². The van der Waals surface area contributed by atoms with Gasteiger partial charge in [0.15, 0.2) is 0 Å². The molecule has 0 saturated heterocycles. The molecule has 13 heteroatoms. The number of urea groups is 1. The van der Waals surface area contributed by atoms with Crippen LogP contribution in [0.15, 0.2) is 24.3 Å². The lowest BCUT2D eigenvalue weighted by atomic mass is 10.0. The average molecular weight is 553 g/mol. The molecule has 0 spiro atoms. The van der Waals surface area contributed by atoms with Gasteiger partial charge in [-0.3, -0.25) is 14.4 Å². The highest BCUT2D eigenvalue weighted by atomic mass is 16.5. The molecule has 8 N–H and O–H groups in total. The molecule has 5 amide bonds. The van der Waals surface area contributed by atoms with Gasteiger partial charge in [0.25, 0.3) is 0 Å². The third kappa shape index (κ3) is 15.7. The Kier molecular flexibility index (Phi) is 17.1. The predicted octanol–water partition coefficient (Wildman–Crippen LogP) is 0.0161. The lowest BCUT2D eigenvalue weighted by molar-refractivity contribution is -0.134. The molecule has 0 radical (unpaired) electrons.